The first-order chi connectivity index (χ1) is 10.7. The van der Waals surface area contributed by atoms with Gasteiger partial charge >= 0.3 is 0 Å². The van der Waals surface area contributed by atoms with Crippen molar-refractivity contribution < 1.29 is 0 Å². The summed E-state index contributed by atoms with van der Waals surface area (Å²) in [6.07, 6.45) is 6.27. The van der Waals surface area contributed by atoms with Crippen molar-refractivity contribution in [3.05, 3.63) is 77.0 Å². The summed E-state index contributed by atoms with van der Waals surface area (Å²) in [6.45, 7) is 1.81. The molecule has 2 aromatic carbocycles. The van der Waals surface area contributed by atoms with Crippen LogP contribution in [-0.4, -0.2) is 23.5 Å². The Morgan fingerprint density at radius 3 is 2.86 bits per heavy atom. The van der Waals surface area contributed by atoms with Crippen LogP contribution in [-0.2, 0) is 6.54 Å². The summed E-state index contributed by atoms with van der Waals surface area (Å²) in [5.74, 6) is 0. The van der Waals surface area contributed by atoms with Crippen LogP contribution in [0.5, 0.6) is 0 Å². The van der Waals surface area contributed by atoms with E-state index in [2.05, 4.69) is 59.4 Å². The van der Waals surface area contributed by atoms with Crippen molar-refractivity contribution in [1.82, 2.24) is 9.88 Å². The maximum atomic E-state index is 5.99. The molecule has 0 aliphatic rings. The predicted molar refractivity (Wildman–Crippen MR) is 95.1 cm³/mol. The van der Waals surface area contributed by atoms with Crippen molar-refractivity contribution in [2.24, 2.45) is 0 Å². The zero-order valence-corrected chi connectivity index (χ0v) is 13.3. The third-order valence-electron chi connectivity index (χ3n) is 3.69. The highest BCUT2D eigenvalue weighted by Gasteiger charge is 2.04. The van der Waals surface area contributed by atoms with Crippen LogP contribution in [0.2, 0.25) is 5.02 Å². The summed E-state index contributed by atoms with van der Waals surface area (Å²) in [5, 5.41) is 2.04. The molecule has 3 rings (SSSR count). The minimum atomic E-state index is 0.772. The lowest BCUT2D eigenvalue weighted by atomic mass is 10.1. The van der Waals surface area contributed by atoms with Crippen molar-refractivity contribution in [3.8, 4) is 0 Å². The summed E-state index contributed by atoms with van der Waals surface area (Å²) in [4.78, 5) is 5.61. The Hall–Kier alpha value is -2.03. The molecule has 0 saturated carbocycles. The molecule has 0 spiro atoms. The van der Waals surface area contributed by atoms with E-state index in [0.717, 1.165) is 23.7 Å². The number of H-pyrrole nitrogens is 1. The van der Waals surface area contributed by atoms with Gasteiger partial charge in [-0.05, 0) is 41.8 Å². The fourth-order valence-electron chi connectivity index (χ4n) is 2.62. The normalized spacial score (nSPS) is 11.8. The van der Waals surface area contributed by atoms with E-state index >= 15 is 0 Å². The van der Waals surface area contributed by atoms with Gasteiger partial charge in [0.25, 0.3) is 0 Å². The number of aromatic amines is 1. The van der Waals surface area contributed by atoms with Gasteiger partial charge in [-0.3, -0.25) is 4.90 Å². The average molecular weight is 311 g/mol. The Labute approximate surface area is 136 Å². The van der Waals surface area contributed by atoms with Crippen LogP contribution in [0.1, 0.15) is 11.1 Å². The summed E-state index contributed by atoms with van der Waals surface area (Å²) >= 11 is 5.99. The standard InChI is InChI=1S/C19H19ClN2/c1-22(12-4-6-15-5-2-9-18(20)13-15)14-17-8-3-7-16-10-11-21-19(16)17/h2-11,13,21H,12,14H2,1H3. The van der Waals surface area contributed by atoms with Gasteiger partial charge in [0.2, 0.25) is 0 Å². The zero-order valence-electron chi connectivity index (χ0n) is 12.6. The number of rotatable bonds is 5. The van der Waals surface area contributed by atoms with Gasteiger partial charge in [-0.1, -0.05) is 54.1 Å². The lowest BCUT2D eigenvalue weighted by Gasteiger charge is -2.15. The number of hydrogen-bond acceptors (Lipinski definition) is 1. The minimum Gasteiger partial charge on any atom is -0.361 e. The van der Waals surface area contributed by atoms with Crippen LogP contribution in [0.15, 0.2) is 60.8 Å². The molecule has 0 unspecified atom stereocenters. The number of nitrogens with one attached hydrogen (secondary N) is 1. The van der Waals surface area contributed by atoms with Gasteiger partial charge in [-0.25, -0.2) is 0 Å². The van der Waals surface area contributed by atoms with Crippen LogP contribution in [0.4, 0.5) is 0 Å². The molecule has 1 heterocycles. The lowest BCUT2D eigenvalue weighted by Crippen LogP contribution is -2.17. The van der Waals surface area contributed by atoms with E-state index in [1.54, 1.807) is 0 Å². The second kappa shape index (κ2) is 6.82. The molecule has 0 aliphatic heterocycles. The molecule has 0 amide bonds. The molecule has 0 fully saturated rings. The van der Waals surface area contributed by atoms with Crippen LogP contribution >= 0.6 is 11.6 Å². The molecule has 0 radical (unpaired) electrons. The fourth-order valence-corrected chi connectivity index (χ4v) is 2.81. The second-order valence-corrected chi connectivity index (χ2v) is 5.95. The molecule has 22 heavy (non-hydrogen) atoms. The van der Waals surface area contributed by atoms with E-state index in [1.165, 1.54) is 16.5 Å². The highest BCUT2D eigenvalue weighted by molar-refractivity contribution is 6.30. The number of nitrogens with zero attached hydrogens (tertiary/aromatic N) is 1. The molecular formula is C19H19ClN2. The number of halogens is 1. The molecule has 0 atom stereocenters. The fraction of sp³-hybridized carbons (Fsp3) is 0.158. The number of para-hydroxylation sites is 1. The van der Waals surface area contributed by atoms with Crippen LogP contribution < -0.4 is 0 Å². The van der Waals surface area contributed by atoms with E-state index in [-0.39, 0.29) is 0 Å². The molecule has 0 aliphatic carbocycles. The Bertz CT molecular complexity index is 789. The number of aromatic nitrogens is 1. The molecular weight excluding hydrogens is 292 g/mol. The minimum absolute atomic E-state index is 0.772. The van der Waals surface area contributed by atoms with Crippen molar-refractivity contribution in [2.75, 3.05) is 13.6 Å². The number of hydrogen-bond donors (Lipinski definition) is 1. The Kier molecular flexibility index (Phi) is 4.62. The van der Waals surface area contributed by atoms with Gasteiger partial charge in [0.15, 0.2) is 0 Å². The zero-order chi connectivity index (χ0) is 15.4. The first-order valence-electron chi connectivity index (χ1n) is 7.38. The van der Waals surface area contributed by atoms with Crippen molar-refractivity contribution in [2.45, 2.75) is 6.54 Å². The van der Waals surface area contributed by atoms with E-state index in [4.69, 9.17) is 11.6 Å². The predicted octanol–water partition coefficient (Wildman–Crippen LogP) is 4.97. The SMILES string of the molecule is CN(CC=Cc1cccc(Cl)c1)Cc1cccc2cc[nH]c12. The van der Waals surface area contributed by atoms with E-state index in [0.29, 0.717) is 0 Å². The summed E-state index contributed by atoms with van der Waals surface area (Å²) in [6, 6.07) is 16.4. The highest BCUT2D eigenvalue weighted by Crippen LogP contribution is 2.18. The van der Waals surface area contributed by atoms with E-state index in [1.807, 2.05) is 24.4 Å². The Morgan fingerprint density at radius 2 is 2.00 bits per heavy atom. The van der Waals surface area contributed by atoms with Gasteiger partial charge in [0, 0.05) is 29.8 Å². The molecule has 3 aromatic rings. The van der Waals surface area contributed by atoms with Crippen LogP contribution in [0, 0.1) is 0 Å². The van der Waals surface area contributed by atoms with Gasteiger partial charge in [0.1, 0.15) is 0 Å². The quantitative estimate of drug-likeness (QED) is 0.705. The van der Waals surface area contributed by atoms with Crippen molar-refractivity contribution in [3.63, 3.8) is 0 Å². The molecule has 112 valence electrons. The van der Waals surface area contributed by atoms with Crippen molar-refractivity contribution >= 4 is 28.6 Å². The molecule has 3 heteroatoms. The number of likely N-dealkylation sites (N-methyl/N-ethyl adjacent to an activating group) is 1. The van der Waals surface area contributed by atoms with Crippen molar-refractivity contribution in [1.29, 1.82) is 0 Å². The van der Waals surface area contributed by atoms with Gasteiger partial charge in [-0.2, -0.15) is 0 Å². The molecule has 0 saturated heterocycles. The van der Waals surface area contributed by atoms with E-state index in [9.17, 15) is 0 Å². The molecule has 1 N–H and O–H groups in total. The van der Waals surface area contributed by atoms with Crippen LogP contribution in [0.3, 0.4) is 0 Å². The smallest absolute Gasteiger partial charge is 0.0499 e. The monoisotopic (exact) mass is 310 g/mol. The molecule has 1 aromatic heterocycles. The van der Waals surface area contributed by atoms with E-state index < -0.39 is 0 Å². The average Bonchev–Trinajstić information content (AvgIpc) is 2.97. The third kappa shape index (κ3) is 3.59. The topological polar surface area (TPSA) is 19.0 Å². The largest absolute Gasteiger partial charge is 0.361 e. The second-order valence-electron chi connectivity index (χ2n) is 5.51. The maximum absolute atomic E-state index is 5.99. The lowest BCUT2D eigenvalue weighted by molar-refractivity contribution is 0.365. The Balaban J connectivity index is 1.63. The van der Waals surface area contributed by atoms with Gasteiger partial charge in [0.05, 0.1) is 0 Å². The van der Waals surface area contributed by atoms with Crippen LogP contribution in [0.25, 0.3) is 17.0 Å². The summed E-state index contributed by atoms with van der Waals surface area (Å²) in [7, 11) is 2.13. The maximum Gasteiger partial charge on any atom is 0.0499 e. The Morgan fingerprint density at radius 1 is 1.14 bits per heavy atom. The summed E-state index contributed by atoms with van der Waals surface area (Å²) in [5.41, 5.74) is 3.68. The summed E-state index contributed by atoms with van der Waals surface area (Å²) < 4.78 is 0. The number of fused-ring (bicyclic) bond motifs is 1. The highest BCUT2D eigenvalue weighted by atomic mass is 35.5. The first-order valence-corrected chi connectivity index (χ1v) is 7.76. The molecule has 2 nitrogen and oxygen atoms in total. The first kappa shape index (κ1) is 14.9. The third-order valence-corrected chi connectivity index (χ3v) is 3.92. The number of benzene rings is 2. The molecule has 0 bridgehead atoms. The van der Waals surface area contributed by atoms with Gasteiger partial charge < -0.3 is 4.98 Å². The van der Waals surface area contributed by atoms with Gasteiger partial charge in [-0.15, -0.1) is 0 Å².